The molecule has 0 amide bonds. The Morgan fingerprint density at radius 3 is 2.94 bits per heavy atom. The van der Waals surface area contributed by atoms with E-state index in [2.05, 4.69) is 15.3 Å². The summed E-state index contributed by atoms with van der Waals surface area (Å²) in [7, 11) is 0. The minimum Gasteiger partial charge on any atom is -0.472 e. The van der Waals surface area contributed by atoms with Crippen molar-refractivity contribution in [3.8, 4) is 5.88 Å². The molecule has 0 aliphatic carbocycles. The Bertz CT molecular complexity index is 509. The summed E-state index contributed by atoms with van der Waals surface area (Å²) in [6.07, 6.45) is 4.17. The Kier molecular flexibility index (Phi) is 2.88. The van der Waals surface area contributed by atoms with Crippen LogP contribution in [0.5, 0.6) is 5.88 Å². The first kappa shape index (κ1) is 10.5. The number of fused-ring (bicyclic) bond motifs is 1. The lowest BCUT2D eigenvalue weighted by molar-refractivity contribution is 0.160. The lowest BCUT2D eigenvalue weighted by atomic mass is 10.1. The van der Waals surface area contributed by atoms with Gasteiger partial charge in [0.05, 0.1) is 17.2 Å². The summed E-state index contributed by atoms with van der Waals surface area (Å²) < 4.78 is 5.83. The number of para-hydroxylation sites is 2. The van der Waals surface area contributed by atoms with E-state index in [4.69, 9.17) is 4.74 Å². The SMILES string of the molecule is c1ccc2nc(O[C@@H]3CCCNC3)cnc2c1. The number of hydrogen-bond donors (Lipinski definition) is 1. The van der Waals surface area contributed by atoms with Crippen molar-refractivity contribution in [3.05, 3.63) is 30.5 Å². The molecule has 2 aromatic rings. The van der Waals surface area contributed by atoms with E-state index in [0.717, 1.165) is 37.0 Å². The van der Waals surface area contributed by atoms with Gasteiger partial charge in [-0.25, -0.2) is 9.97 Å². The summed E-state index contributed by atoms with van der Waals surface area (Å²) in [6, 6.07) is 7.83. The van der Waals surface area contributed by atoms with Gasteiger partial charge in [-0.3, -0.25) is 0 Å². The van der Waals surface area contributed by atoms with E-state index in [1.165, 1.54) is 0 Å². The molecule has 4 nitrogen and oxygen atoms in total. The first-order valence-electron chi connectivity index (χ1n) is 6.01. The van der Waals surface area contributed by atoms with Crippen LogP contribution in [0.4, 0.5) is 0 Å². The van der Waals surface area contributed by atoms with Gasteiger partial charge in [-0.15, -0.1) is 0 Å². The van der Waals surface area contributed by atoms with Crippen LogP contribution in [-0.4, -0.2) is 29.2 Å². The molecule has 1 atom stereocenters. The molecule has 17 heavy (non-hydrogen) atoms. The van der Waals surface area contributed by atoms with Crippen molar-refractivity contribution >= 4 is 11.0 Å². The van der Waals surface area contributed by atoms with Gasteiger partial charge < -0.3 is 10.1 Å². The first-order chi connectivity index (χ1) is 8.42. The fraction of sp³-hybridized carbons (Fsp3) is 0.385. The second kappa shape index (κ2) is 4.67. The topological polar surface area (TPSA) is 47.0 Å². The number of benzene rings is 1. The molecule has 88 valence electrons. The Labute approximate surface area is 100 Å². The maximum absolute atomic E-state index is 5.83. The van der Waals surface area contributed by atoms with E-state index in [9.17, 15) is 0 Å². The van der Waals surface area contributed by atoms with Gasteiger partial charge in [0.2, 0.25) is 5.88 Å². The van der Waals surface area contributed by atoms with Gasteiger partial charge in [0.1, 0.15) is 6.10 Å². The second-order valence-corrected chi connectivity index (χ2v) is 4.28. The molecule has 1 aromatic carbocycles. The van der Waals surface area contributed by atoms with Crippen molar-refractivity contribution in [1.82, 2.24) is 15.3 Å². The zero-order valence-electron chi connectivity index (χ0n) is 9.60. The second-order valence-electron chi connectivity index (χ2n) is 4.28. The average Bonchev–Trinajstić information content (AvgIpc) is 2.40. The molecule has 4 heteroatoms. The fourth-order valence-electron chi connectivity index (χ4n) is 2.09. The number of rotatable bonds is 2. The molecular formula is C13H15N3O. The third-order valence-corrected chi connectivity index (χ3v) is 2.97. The molecule has 3 rings (SSSR count). The Morgan fingerprint density at radius 2 is 2.12 bits per heavy atom. The van der Waals surface area contributed by atoms with Gasteiger partial charge in [-0.05, 0) is 31.5 Å². The number of nitrogens with one attached hydrogen (secondary N) is 1. The molecule has 0 unspecified atom stereocenters. The highest BCUT2D eigenvalue weighted by Crippen LogP contribution is 2.16. The van der Waals surface area contributed by atoms with Gasteiger partial charge in [-0.1, -0.05) is 12.1 Å². The minimum atomic E-state index is 0.221. The maximum atomic E-state index is 5.83. The predicted molar refractivity (Wildman–Crippen MR) is 66.1 cm³/mol. The largest absolute Gasteiger partial charge is 0.472 e. The van der Waals surface area contributed by atoms with E-state index in [-0.39, 0.29) is 6.10 Å². The molecule has 1 aliphatic rings. The standard InChI is InChI=1S/C13H15N3O/c1-2-6-12-11(5-1)15-9-13(16-12)17-10-4-3-7-14-8-10/h1-2,5-6,9-10,14H,3-4,7-8H2/t10-/m1/s1. The summed E-state index contributed by atoms with van der Waals surface area (Å²) in [5.74, 6) is 0.623. The quantitative estimate of drug-likeness (QED) is 0.852. The maximum Gasteiger partial charge on any atom is 0.233 e. The van der Waals surface area contributed by atoms with E-state index in [1.54, 1.807) is 6.20 Å². The summed E-state index contributed by atoms with van der Waals surface area (Å²) in [4.78, 5) is 8.80. The number of nitrogens with zero attached hydrogens (tertiary/aromatic N) is 2. The molecule has 1 N–H and O–H groups in total. The molecule has 1 aliphatic heterocycles. The molecule has 0 saturated carbocycles. The molecule has 2 heterocycles. The number of aromatic nitrogens is 2. The lowest BCUT2D eigenvalue weighted by Crippen LogP contribution is -2.37. The molecule has 1 fully saturated rings. The van der Waals surface area contributed by atoms with Crippen molar-refractivity contribution in [2.75, 3.05) is 13.1 Å². The highest BCUT2D eigenvalue weighted by molar-refractivity contribution is 5.73. The van der Waals surface area contributed by atoms with Gasteiger partial charge >= 0.3 is 0 Å². The average molecular weight is 229 g/mol. The van der Waals surface area contributed by atoms with Crippen LogP contribution in [0.25, 0.3) is 11.0 Å². The van der Waals surface area contributed by atoms with Crippen molar-refractivity contribution in [2.24, 2.45) is 0 Å². The van der Waals surface area contributed by atoms with Crippen LogP contribution in [-0.2, 0) is 0 Å². The van der Waals surface area contributed by atoms with Crippen molar-refractivity contribution in [3.63, 3.8) is 0 Å². The van der Waals surface area contributed by atoms with E-state index in [0.29, 0.717) is 5.88 Å². The highest BCUT2D eigenvalue weighted by atomic mass is 16.5. The van der Waals surface area contributed by atoms with Crippen LogP contribution in [0.15, 0.2) is 30.5 Å². The van der Waals surface area contributed by atoms with Crippen LogP contribution in [0.1, 0.15) is 12.8 Å². The van der Waals surface area contributed by atoms with Gasteiger partial charge in [0, 0.05) is 6.54 Å². The number of hydrogen-bond acceptors (Lipinski definition) is 4. The molecule has 0 spiro atoms. The Morgan fingerprint density at radius 1 is 1.24 bits per heavy atom. The van der Waals surface area contributed by atoms with Gasteiger partial charge in [-0.2, -0.15) is 0 Å². The Balaban J connectivity index is 1.80. The van der Waals surface area contributed by atoms with E-state index >= 15 is 0 Å². The predicted octanol–water partition coefficient (Wildman–Crippen LogP) is 1.76. The molecule has 1 aromatic heterocycles. The van der Waals surface area contributed by atoms with Crippen molar-refractivity contribution in [1.29, 1.82) is 0 Å². The van der Waals surface area contributed by atoms with E-state index < -0.39 is 0 Å². The highest BCUT2D eigenvalue weighted by Gasteiger charge is 2.15. The van der Waals surface area contributed by atoms with Crippen LogP contribution < -0.4 is 10.1 Å². The third kappa shape index (κ3) is 2.36. The third-order valence-electron chi connectivity index (χ3n) is 2.97. The van der Waals surface area contributed by atoms with Crippen LogP contribution in [0, 0.1) is 0 Å². The molecular weight excluding hydrogens is 214 g/mol. The van der Waals surface area contributed by atoms with Gasteiger partial charge in [0.15, 0.2) is 0 Å². The summed E-state index contributed by atoms with van der Waals surface area (Å²) >= 11 is 0. The van der Waals surface area contributed by atoms with Crippen LogP contribution >= 0.6 is 0 Å². The molecule has 1 saturated heterocycles. The summed E-state index contributed by atoms with van der Waals surface area (Å²) in [6.45, 7) is 1.98. The monoisotopic (exact) mass is 229 g/mol. The van der Waals surface area contributed by atoms with Crippen LogP contribution in [0.3, 0.4) is 0 Å². The smallest absolute Gasteiger partial charge is 0.233 e. The zero-order chi connectivity index (χ0) is 11.5. The van der Waals surface area contributed by atoms with Gasteiger partial charge in [0.25, 0.3) is 0 Å². The number of ether oxygens (including phenoxy) is 1. The minimum absolute atomic E-state index is 0.221. The molecule has 0 radical (unpaired) electrons. The Hall–Kier alpha value is -1.68. The van der Waals surface area contributed by atoms with Crippen molar-refractivity contribution in [2.45, 2.75) is 18.9 Å². The summed E-state index contributed by atoms with van der Waals surface area (Å²) in [5, 5.41) is 3.32. The number of piperidine rings is 1. The van der Waals surface area contributed by atoms with Crippen LogP contribution in [0.2, 0.25) is 0 Å². The first-order valence-corrected chi connectivity index (χ1v) is 6.01. The zero-order valence-corrected chi connectivity index (χ0v) is 9.60. The van der Waals surface area contributed by atoms with E-state index in [1.807, 2.05) is 24.3 Å². The molecule has 0 bridgehead atoms. The fourth-order valence-corrected chi connectivity index (χ4v) is 2.09. The normalized spacial score (nSPS) is 20.4. The summed E-state index contributed by atoms with van der Waals surface area (Å²) in [5.41, 5.74) is 1.79. The lowest BCUT2D eigenvalue weighted by Gasteiger charge is -2.23. The van der Waals surface area contributed by atoms with Crippen molar-refractivity contribution < 1.29 is 4.74 Å².